The summed E-state index contributed by atoms with van der Waals surface area (Å²) < 4.78 is 5.37. The van der Waals surface area contributed by atoms with E-state index in [2.05, 4.69) is 15.0 Å². The van der Waals surface area contributed by atoms with E-state index in [1.165, 1.54) is 0 Å². The van der Waals surface area contributed by atoms with Crippen molar-refractivity contribution in [1.29, 1.82) is 0 Å². The minimum absolute atomic E-state index is 0.266. The van der Waals surface area contributed by atoms with Gasteiger partial charge in [0.05, 0.1) is 6.54 Å². The fraction of sp³-hybridized carbons (Fsp3) is 0.500. The normalized spacial score (nSPS) is 16.0. The molecule has 0 unspecified atom stereocenters. The molecule has 1 amide bonds. The van der Waals surface area contributed by atoms with Crippen molar-refractivity contribution in [2.24, 2.45) is 0 Å². The molecule has 134 valence electrons. The highest BCUT2D eigenvalue weighted by atomic mass is 32.2. The minimum atomic E-state index is 0.266. The largest absolute Gasteiger partial charge is 0.341 e. The maximum Gasteiger partial charge on any atom is 0.257 e. The second kappa shape index (κ2) is 9.01. The van der Waals surface area contributed by atoms with Crippen molar-refractivity contribution in [1.82, 2.24) is 19.9 Å². The molecule has 1 saturated heterocycles. The van der Waals surface area contributed by atoms with Crippen molar-refractivity contribution in [3.8, 4) is 11.5 Å². The number of rotatable bonds is 6. The quantitative estimate of drug-likeness (QED) is 0.789. The fourth-order valence-corrected chi connectivity index (χ4v) is 3.32. The van der Waals surface area contributed by atoms with Crippen LogP contribution in [0.2, 0.25) is 0 Å². The van der Waals surface area contributed by atoms with Crippen LogP contribution in [0.3, 0.4) is 0 Å². The molecule has 0 N–H and O–H groups in total. The van der Waals surface area contributed by atoms with Crippen LogP contribution in [-0.4, -0.2) is 64.0 Å². The van der Waals surface area contributed by atoms with Crippen molar-refractivity contribution in [3.63, 3.8) is 0 Å². The molecule has 0 bridgehead atoms. The number of carbonyl (C=O) groups is 1. The standard InChI is InChI=1S/C18H24N4O2S/c1-25-13-8-17(23)22-10-5-9-21(11-12-22)14-16-19-18(24-20-16)15-6-3-2-4-7-15/h2-4,6-7H,5,8-14H2,1H3. The Hall–Kier alpha value is -1.86. The number of aromatic nitrogens is 2. The molecule has 7 heteroatoms. The highest BCUT2D eigenvalue weighted by Crippen LogP contribution is 2.17. The third-order valence-corrected chi connectivity index (χ3v) is 4.93. The van der Waals surface area contributed by atoms with Crippen LogP contribution in [0.1, 0.15) is 18.7 Å². The van der Waals surface area contributed by atoms with E-state index in [1.54, 1.807) is 11.8 Å². The summed E-state index contributed by atoms with van der Waals surface area (Å²) in [5.41, 5.74) is 0.933. The molecular weight excluding hydrogens is 336 g/mol. The molecule has 1 aliphatic heterocycles. The van der Waals surface area contributed by atoms with Crippen molar-refractivity contribution >= 4 is 17.7 Å². The molecule has 0 aliphatic carbocycles. The summed E-state index contributed by atoms with van der Waals surface area (Å²) in [6, 6.07) is 9.79. The van der Waals surface area contributed by atoms with E-state index in [4.69, 9.17) is 4.52 Å². The lowest BCUT2D eigenvalue weighted by Crippen LogP contribution is -2.35. The second-order valence-electron chi connectivity index (χ2n) is 6.14. The van der Waals surface area contributed by atoms with E-state index in [1.807, 2.05) is 41.5 Å². The van der Waals surface area contributed by atoms with Crippen LogP contribution in [-0.2, 0) is 11.3 Å². The molecule has 3 rings (SSSR count). The number of nitrogens with zero attached hydrogens (tertiary/aromatic N) is 4. The van der Waals surface area contributed by atoms with Crippen LogP contribution in [0.15, 0.2) is 34.9 Å². The lowest BCUT2D eigenvalue weighted by Gasteiger charge is -2.21. The van der Waals surface area contributed by atoms with Gasteiger partial charge in [-0.15, -0.1) is 0 Å². The summed E-state index contributed by atoms with van der Waals surface area (Å²) in [6.45, 7) is 4.06. The third-order valence-electron chi connectivity index (χ3n) is 4.32. The van der Waals surface area contributed by atoms with E-state index < -0.39 is 0 Å². The zero-order valence-corrected chi connectivity index (χ0v) is 15.4. The predicted octanol–water partition coefficient (Wildman–Crippen LogP) is 2.52. The summed E-state index contributed by atoms with van der Waals surface area (Å²) in [7, 11) is 0. The first-order valence-corrected chi connectivity index (χ1v) is 10.0. The Morgan fingerprint density at radius 3 is 2.84 bits per heavy atom. The molecule has 1 aliphatic rings. The van der Waals surface area contributed by atoms with Gasteiger partial charge in [-0.25, -0.2) is 0 Å². The van der Waals surface area contributed by atoms with Crippen molar-refractivity contribution in [3.05, 3.63) is 36.2 Å². The first-order chi connectivity index (χ1) is 12.3. The van der Waals surface area contributed by atoms with E-state index in [-0.39, 0.29) is 5.91 Å². The van der Waals surface area contributed by atoms with E-state index in [9.17, 15) is 4.79 Å². The topological polar surface area (TPSA) is 62.5 Å². The molecule has 0 spiro atoms. The van der Waals surface area contributed by atoms with Crippen LogP contribution in [0, 0.1) is 0 Å². The number of thioether (sulfide) groups is 1. The monoisotopic (exact) mass is 360 g/mol. The Bertz CT molecular complexity index is 677. The molecule has 25 heavy (non-hydrogen) atoms. The number of hydrogen-bond donors (Lipinski definition) is 0. The maximum atomic E-state index is 12.2. The van der Waals surface area contributed by atoms with Gasteiger partial charge in [0.15, 0.2) is 5.82 Å². The summed E-state index contributed by atoms with van der Waals surface area (Å²) in [4.78, 5) is 21.0. The van der Waals surface area contributed by atoms with Crippen molar-refractivity contribution in [2.45, 2.75) is 19.4 Å². The predicted molar refractivity (Wildman–Crippen MR) is 99.2 cm³/mol. The number of hydrogen-bond acceptors (Lipinski definition) is 6. The number of amides is 1. The van der Waals surface area contributed by atoms with E-state index in [0.717, 1.165) is 43.9 Å². The molecule has 1 fully saturated rings. The van der Waals surface area contributed by atoms with Gasteiger partial charge in [0.25, 0.3) is 5.89 Å². The average molecular weight is 360 g/mol. The molecule has 6 nitrogen and oxygen atoms in total. The van der Waals surface area contributed by atoms with Gasteiger partial charge in [0.1, 0.15) is 0 Å². The Labute approximate surface area is 152 Å². The van der Waals surface area contributed by atoms with Gasteiger partial charge < -0.3 is 9.42 Å². The van der Waals surface area contributed by atoms with Gasteiger partial charge in [-0.1, -0.05) is 23.4 Å². The van der Waals surface area contributed by atoms with Crippen LogP contribution in [0.5, 0.6) is 0 Å². The van der Waals surface area contributed by atoms with Gasteiger partial charge in [0, 0.05) is 43.9 Å². The van der Waals surface area contributed by atoms with Gasteiger partial charge >= 0.3 is 0 Å². The summed E-state index contributed by atoms with van der Waals surface area (Å²) in [5, 5.41) is 4.10. The highest BCUT2D eigenvalue weighted by molar-refractivity contribution is 7.98. The first-order valence-electron chi connectivity index (χ1n) is 8.63. The van der Waals surface area contributed by atoms with Crippen LogP contribution < -0.4 is 0 Å². The molecule has 0 radical (unpaired) electrons. The molecule has 1 aromatic heterocycles. The maximum absolute atomic E-state index is 12.2. The van der Waals surface area contributed by atoms with Gasteiger partial charge in [-0.3, -0.25) is 9.69 Å². The molecule has 2 aromatic rings. The van der Waals surface area contributed by atoms with Crippen LogP contribution >= 0.6 is 11.8 Å². The second-order valence-corrected chi connectivity index (χ2v) is 7.12. The number of benzene rings is 1. The zero-order chi connectivity index (χ0) is 17.5. The van der Waals surface area contributed by atoms with Crippen molar-refractivity contribution < 1.29 is 9.32 Å². The molecule has 0 atom stereocenters. The van der Waals surface area contributed by atoms with Crippen LogP contribution in [0.4, 0.5) is 0 Å². The van der Waals surface area contributed by atoms with Gasteiger partial charge in [-0.05, 0) is 24.8 Å². The Balaban J connectivity index is 1.54. The Kier molecular flexibility index (Phi) is 6.47. The Morgan fingerprint density at radius 2 is 2.04 bits per heavy atom. The molecule has 2 heterocycles. The SMILES string of the molecule is CSCCC(=O)N1CCCN(Cc2noc(-c3ccccc3)n2)CC1. The summed E-state index contributed by atoms with van der Waals surface area (Å²) in [6.07, 6.45) is 3.65. The fourth-order valence-electron chi connectivity index (χ4n) is 2.94. The highest BCUT2D eigenvalue weighted by Gasteiger charge is 2.20. The smallest absolute Gasteiger partial charge is 0.257 e. The summed E-state index contributed by atoms with van der Waals surface area (Å²) in [5.74, 6) is 2.41. The lowest BCUT2D eigenvalue weighted by atomic mass is 10.2. The van der Waals surface area contributed by atoms with Gasteiger partial charge in [-0.2, -0.15) is 16.7 Å². The zero-order valence-electron chi connectivity index (χ0n) is 14.6. The minimum Gasteiger partial charge on any atom is -0.341 e. The Morgan fingerprint density at radius 1 is 1.20 bits per heavy atom. The summed E-state index contributed by atoms with van der Waals surface area (Å²) >= 11 is 1.72. The molecular formula is C18H24N4O2S. The van der Waals surface area contributed by atoms with E-state index >= 15 is 0 Å². The molecule has 0 saturated carbocycles. The van der Waals surface area contributed by atoms with Crippen LogP contribution in [0.25, 0.3) is 11.5 Å². The first kappa shape index (κ1) is 17.9. The number of carbonyl (C=O) groups excluding carboxylic acids is 1. The molecule has 1 aromatic carbocycles. The lowest BCUT2D eigenvalue weighted by molar-refractivity contribution is -0.130. The van der Waals surface area contributed by atoms with Gasteiger partial charge in [0.2, 0.25) is 5.91 Å². The third kappa shape index (κ3) is 5.06. The van der Waals surface area contributed by atoms with E-state index in [0.29, 0.717) is 24.7 Å². The van der Waals surface area contributed by atoms with Crippen molar-refractivity contribution in [2.75, 3.05) is 38.2 Å². The average Bonchev–Trinajstić information content (AvgIpc) is 2.98.